The number of hydrogen-bond donors (Lipinski definition) is 1. The summed E-state index contributed by atoms with van der Waals surface area (Å²) in [5.41, 5.74) is -0.185. The molecule has 0 spiro atoms. The molecule has 40 heavy (non-hydrogen) atoms. The highest BCUT2D eigenvalue weighted by molar-refractivity contribution is 5.98. The van der Waals surface area contributed by atoms with E-state index < -0.39 is 42.9 Å². The first kappa shape index (κ1) is 31.1. The fraction of sp³-hybridized carbons (Fsp3) is 0.679. The van der Waals surface area contributed by atoms with Crippen LogP contribution in [0.2, 0.25) is 0 Å². The van der Waals surface area contributed by atoms with Crippen LogP contribution in [0.1, 0.15) is 70.3 Å². The molecule has 0 unspecified atom stereocenters. The van der Waals surface area contributed by atoms with Gasteiger partial charge in [0.1, 0.15) is 12.2 Å². The lowest BCUT2D eigenvalue weighted by atomic mass is 9.87. The minimum Gasteiger partial charge on any atom is -0.493 e. The predicted molar refractivity (Wildman–Crippen MR) is 140 cm³/mol. The smallest absolute Gasteiger partial charge is 0.331 e. The maximum absolute atomic E-state index is 13.2. The number of esters is 3. The summed E-state index contributed by atoms with van der Waals surface area (Å²) in [5, 5.41) is 2.60. The van der Waals surface area contributed by atoms with Crippen molar-refractivity contribution in [2.75, 3.05) is 27.1 Å². The Labute approximate surface area is 234 Å². The zero-order chi connectivity index (χ0) is 29.2. The number of carbonyl (C=O) groups excluding carboxylic acids is 4. The first-order valence-corrected chi connectivity index (χ1v) is 13.7. The van der Waals surface area contributed by atoms with Gasteiger partial charge in [-0.1, -0.05) is 39.5 Å². The molecule has 2 heterocycles. The third kappa shape index (κ3) is 8.54. The number of ether oxygens (including phenoxy) is 6. The van der Waals surface area contributed by atoms with E-state index in [0.717, 1.165) is 32.1 Å². The van der Waals surface area contributed by atoms with Crippen molar-refractivity contribution in [3.63, 3.8) is 0 Å². The Balaban J connectivity index is 1.78. The molecule has 12 heteroatoms. The minimum atomic E-state index is -1.17. The lowest BCUT2D eigenvalue weighted by Crippen LogP contribution is -2.47. The molecule has 1 aromatic rings. The molecule has 3 rings (SSSR count). The van der Waals surface area contributed by atoms with Crippen molar-refractivity contribution < 1.29 is 47.6 Å². The van der Waals surface area contributed by atoms with Crippen LogP contribution in [0.4, 0.5) is 0 Å². The molecule has 0 aromatic carbocycles. The number of aromatic nitrogens is 1. The molecule has 12 nitrogen and oxygen atoms in total. The Morgan fingerprint density at radius 1 is 1.18 bits per heavy atom. The lowest BCUT2D eigenvalue weighted by molar-refractivity contribution is -0.174. The molecule has 0 bridgehead atoms. The second kappa shape index (κ2) is 14.8. The Morgan fingerprint density at radius 2 is 1.90 bits per heavy atom. The van der Waals surface area contributed by atoms with Gasteiger partial charge < -0.3 is 33.7 Å². The van der Waals surface area contributed by atoms with Crippen molar-refractivity contribution in [3.8, 4) is 11.5 Å². The van der Waals surface area contributed by atoms with Crippen LogP contribution >= 0.6 is 0 Å². The zero-order valence-corrected chi connectivity index (χ0v) is 23.8. The van der Waals surface area contributed by atoms with Gasteiger partial charge in [0.2, 0.25) is 6.79 Å². The molecular formula is C28H40N2O10. The van der Waals surface area contributed by atoms with E-state index in [0.29, 0.717) is 5.92 Å². The van der Waals surface area contributed by atoms with Gasteiger partial charge in [0, 0.05) is 25.1 Å². The summed E-state index contributed by atoms with van der Waals surface area (Å²) in [6, 6.07) is 0.304. The number of hydrogen-bond acceptors (Lipinski definition) is 11. The molecule has 1 saturated carbocycles. The fourth-order valence-corrected chi connectivity index (χ4v) is 4.95. The molecule has 1 aromatic heterocycles. The topological polar surface area (TPSA) is 149 Å². The SMILES string of the molecule is COc1ccnc(C(=O)N[C@H]2COC[C@H](CC3CCCC3)[C@@H](OC(=O)C(C)C)[C@H](C)OC2=O)c1OCOC(C)=O. The maximum atomic E-state index is 13.2. The first-order valence-electron chi connectivity index (χ1n) is 13.7. The van der Waals surface area contributed by atoms with Gasteiger partial charge in [0.05, 0.1) is 26.2 Å². The Hall–Kier alpha value is -3.41. The Kier molecular flexibility index (Phi) is 11.5. The number of rotatable bonds is 10. The van der Waals surface area contributed by atoms with Crippen LogP contribution in [-0.4, -0.2) is 74.2 Å². The summed E-state index contributed by atoms with van der Waals surface area (Å²) < 4.78 is 33.0. The minimum absolute atomic E-state index is 0.0632. The van der Waals surface area contributed by atoms with Crippen molar-refractivity contribution in [3.05, 3.63) is 18.0 Å². The van der Waals surface area contributed by atoms with E-state index in [1.165, 1.54) is 26.3 Å². The quantitative estimate of drug-likeness (QED) is 0.254. The summed E-state index contributed by atoms with van der Waals surface area (Å²) in [7, 11) is 1.38. The number of cyclic esters (lactones) is 1. The average molecular weight is 565 g/mol. The Bertz CT molecular complexity index is 1040. The third-order valence-corrected chi connectivity index (χ3v) is 7.04. The summed E-state index contributed by atoms with van der Waals surface area (Å²) in [5.74, 6) is -2.36. The number of nitrogens with zero attached hydrogens (tertiary/aromatic N) is 1. The summed E-state index contributed by atoms with van der Waals surface area (Å²) >= 11 is 0. The number of amides is 1. The van der Waals surface area contributed by atoms with Gasteiger partial charge in [-0.25, -0.2) is 9.78 Å². The van der Waals surface area contributed by atoms with E-state index >= 15 is 0 Å². The second-order valence-corrected chi connectivity index (χ2v) is 10.5. The molecule has 1 aliphatic heterocycles. The van der Waals surface area contributed by atoms with Crippen molar-refractivity contribution in [1.29, 1.82) is 0 Å². The van der Waals surface area contributed by atoms with Crippen LogP contribution in [0.5, 0.6) is 11.5 Å². The molecule has 1 saturated heterocycles. The normalized spacial score (nSPS) is 23.8. The number of nitrogens with one attached hydrogen (secondary N) is 1. The molecule has 1 aliphatic carbocycles. The molecule has 0 radical (unpaired) electrons. The van der Waals surface area contributed by atoms with Crippen molar-refractivity contribution in [1.82, 2.24) is 10.3 Å². The van der Waals surface area contributed by atoms with E-state index in [1.807, 2.05) is 0 Å². The van der Waals surface area contributed by atoms with Gasteiger partial charge in [-0.2, -0.15) is 0 Å². The summed E-state index contributed by atoms with van der Waals surface area (Å²) in [6.07, 6.45) is 5.21. The van der Waals surface area contributed by atoms with Crippen molar-refractivity contribution >= 4 is 23.8 Å². The van der Waals surface area contributed by atoms with Gasteiger partial charge in [-0.05, 0) is 19.3 Å². The maximum Gasteiger partial charge on any atom is 0.331 e. The Morgan fingerprint density at radius 3 is 2.55 bits per heavy atom. The van der Waals surface area contributed by atoms with Crippen molar-refractivity contribution in [2.45, 2.75) is 78.0 Å². The van der Waals surface area contributed by atoms with Crippen LogP contribution in [0.25, 0.3) is 0 Å². The summed E-state index contributed by atoms with van der Waals surface area (Å²) in [6.45, 7) is 6.01. The lowest BCUT2D eigenvalue weighted by Gasteiger charge is -2.32. The van der Waals surface area contributed by atoms with Crippen LogP contribution in [0, 0.1) is 17.8 Å². The molecule has 1 N–H and O–H groups in total. The van der Waals surface area contributed by atoms with E-state index in [2.05, 4.69) is 10.3 Å². The first-order chi connectivity index (χ1) is 19.1. The largest absolute Gasteiger partial charge is 0.493 e. The number of carbonyl (C=O) groups is 4. The van der Waals surface area contributed by atoms with E-state index in [1.54, 1.807) is 20.8 Å². The highest BCUT2D eigenvalue weighted by Gasteiger charge is 2.39. The van der Waals surface area contributed by atoms with E-state index in [-0.39, 0.29) is 48.2 Å². The van der Waals surface area contributed by atoms with Gasteiger partial charge in [0.15, 0.2) is 23.2 Å². The molecule has 2 fully saturated rings. The van der Waals surface area contributed by atoms with Crippen LogP contribution < -0.4 is 14.8 Å². The molecule has 1 amide bonds. The number of methoxy groups -OCH3 is 1. The monoisotopic (exact) mass is 564 g/mol. The zero-order valence-electron chi connectivity index (χ0n) is 23.8. The number of pyridine rings is 1. The van der Waals surface area contributed by atoms with E-state index in [4.69, 9.17) is 28.4 Å². The molecular weight excluding hydrogens is 524 g/mol. The van der Waals surface area contributed by atoms with Crippen molar-refractivity contribution in [2.24, 2.45) is 17.8 Å². The van der Waals surface area contributed by atoms with Crippen LogP contribution in [0.15, 0.2) is 12.3 Å². The highest BCUT2D eigenvalue weighted by Crippen LogP contribution is 2.34. The standard InChI is InChI=1S/C28H40N2O10/c1-16(2)27(33)40-24-17(3)39-28(34)21(14-36-13-20(24)12-19-8-6-7-9-19)30-26(32)23-25(38-15-37-18(4)31)22(35-5)10-11-29-23/h10-11,16-17,19-21,24H,6-9,12-15H2,1-5H3,(H,30,32)/t17-,20-,21-,24-/m0/s1. The van der Waals surface area contributed by atoms with Crippen LogP contribution in [-0.2, 0) is 33.3 Å². The highest BCUT2D eigenvalue weighted by atomic mass is 16.7. The summed E-state index contributed by atoms with van der Waals surface area (Å²) in [4.78, 5) is 54.2. The van der Waals surface area contributed by atoms with Gasteiger partial charge in [0.25, 0.3) is 5.91 Å². The fourth-order valence-electron chi connectivity index (χ4n) is 4.95. The third-order valence-electron chi connectivity index (χ3n) is 7.04. The van der Waals surface area contributed by atoms with Crippen LogP contribution in [0.3, 0.4) is 0 Å². The molecule has 2 aliphatic rings. The second-order valence-electron chi connectivity index (χ2n) is 10.5. The molecule has 4 atom stereocenters. The van der Waals surface area contributed by atoms with Gasteiger partial charge in [-0.15, -0.1) is 0 Å². The predicted octanol–water partition coefficient (Wildman–Crippen LogP) is 2.81. The average Bonchev–Trinajstić information content (AvgIpc) is 3.43. The molecule has 222 valence electrons. The van der Waals surface area contributed by atoms with Gasteiger partial charge >= 0.3 is 17.9 Å². The van der Waals surface area contributed by atoms with E-state index in [9.17, 15) is 19.2 Å². The van der Waals surface area contributed by atoms with Gasteiger partial charge in [-0.3, -0.25) is 14.4 Å².